The highest BCUT2D eigenvalue weighted by atomic mass is 15.0. The Balaban J connectivity index is 1.03. The predicted molar refractivity (Wildman–Crippen MR) is 254 cm³/mol. The average molecular weight is 780 g/mol. The van der Waals surface area contributed by atoms with E-state index in [1.807, 2.05) is 6.07 Å². The monoisotopic (exact) mass is 779 g/mol. The molecular weight excluding hydrogens is 739 g/mol. The molecule has 61 heavy (non-hydrogen) atoms. The van der Waals surface area contributed by atoms with Gasteiger partial charge in [0, 0.05) is 32.9 Å². The summed E-state index contributed by atoms with van der Waals surface area (Å²) in [5.74, 6) is 0. The van der Waals surface area contributed by atoms with Crippen LogP contribution in [-0.4, -0.2) is 9.13 Å². The van der Waals surface area contributed by atoms with E-state index in [2.05, 4.69) is 203 Å². The second-order valence-electron chi connectivity index (χ2n) is 16.9. The number of para-hydroxylation sites is 5. The molecule has 3 nitrogen and oxygen atoms in total. The molecule has 288 valence electrons. The first-order chi connectivity index (χ1) is 30.2. The highest BCUT2D eigenvalue weighted by molar-refractivity contribution is 6.13. The molecule has 0 saturated carbocycles. The van der Waals surface area contributed by atoms with Gasteiger partial charge >= 0.3 is 0 Å². The smallest absolute Gasteiger partial charge is 0.0717 e. The largest absolute Gasteiger partial charge is 0.398 e. The van der Waals surface area contributed by atoms with Crippen LogP contribution in [0.1, 0.15) is 51.8 Å². The molecule has 13 rings (SSSR count). The highest BCUT2D eigenvalue weighted by Crippen LogP contribution is 2.63. The highest BCUT2D eigenvalue weighted by Gasteiger charge is 2.52. The summed E-state index contributed by atoms with van der Waals surface area (Å²) >= 11 is 0. The molecular formula is C58H41N3. The minimum absolute atomic E-state index is 0.446. The normalized spacial score (nSPS) is 16.7. The summed E-state index contributed by atoms with van der Waals surface area (Å²) in [5, 5.41) is 5.16. The number of rotatable bonds is 5. The summed E-state index contributed by atoms with van der Waals surface area (Å²) < 4.78 is 4.94. The summed E-state index contributed by atoms with van der Waals surface area (Å²) in [6.07, 6.45) is 7.41. The second-order valence-corrected chi connectivity index (χ2v) is 16.9. The van der Waals surface area contributed by atoms with Crippen LogP contribution in [0.3, 0.4) is 0 Å². The van der Waals surface area contributed by atoms with E-state index in [1.54, 1.807) is 0 Å². The first kappa shape index (κ1) is 34.3. The van der Waals surface area contributed by atoms with E-state index < -0.39 is 5.41 Å². The van der Waals surface area contributed by atoms with Gasteiger partial charge in [0.15, 0.2) is 0 Å². The lowest BCUT2D eigenvalue weighted by Crippen LogP contribution is -2.35. The van der Waals surface area contributed by atoms with Crippen molar-refractivity contribution in [2.24, 2.45) is 5.73 Å². The van der Waals surface area contributed by atoms with Crippen molar-refractivity contribution in [1.82, 2.24) is 9.13 Å². The first-order valence-electron chi connectivity index (χ1n) is 21.5. The summed E-state index contributed by atoms with van der Waals surface area (Å²) in [6.45, 7) is 0. The van der Waals surface area contributed by atoms with Gasteiger partial charge in [0.1, 0.15) is 0 Å². The molecule has 2 aromatic heterocycles. The molecule has 2 N–H and O–H groups in total. The van der Waals surface area contributed by atoms with Gasteiger partial charge in [-0.3, -0.25) is 0 Å². The predicted octanol–water partition coefficient (Wildman–Crippen LogP) is 13.7. The van der Waals surface area contributed by atoms with Crippen molar-refractivity contribution in [1.29, 1.82) is 0 Å². The topological polar surface area (TPSA) is 35.9 Å². The summed E-state index contributed by atoms with van der Waals surface area (Å²) in [4.78, 5) is 0. The number of hydrogen-bond donors (Lipinski definition) is 1. The number of aromatic nitrogens is 2. The minimum Gasteiger partial charge on any atom is -0.398 e. The standard InChI is InChI=1S/C58H41N3/c59-51(38-14-2-1-3-15-38)35-31-39-16-12-22-49-56(39)46-36-40(37-28-32-41(33-29-37)60-52-24-8-4-17-42(52)43-18-5-9-25-53(43)60)30-34-47(46)58(49)48-21-7-11-27-55(48)61-54-26-10-6-19-44(54)45-20-13-23-50(58)57(45)61/h1-29,32-33,35-36H,30-31,34,59H2/b51-35-. The number of allylic oxidation sites excluding steroid dienone is 5. The lowest BCUT2D eigenvalue weighted by atomic mass is 9.63. The maximum atomic E-state index is 6.80. The number of nitrogens with zero attached hydrogens (tertiary/aromatic N) is 2. The molecule has 0 amide bonds. The molecule has 0 radical (unpaired) electrons. The zero-order chi connectivity index (χ0) is 40.2. The van der Waals surface area contributed by atoms with E-state index in [9.17, 15) is 0 Å². The van der Waals surface area contributed by atoms with Crippen molar-refractivity contribution in [3.8, 4) is 11.4 Å². The molecule has 3 heteroatoms. The van der Waals surface area contributed by atoms with Crippen LogP contribution in [0.2, 0.25) is 0 Å². The molecule has 8 aromatic carbocycles. The maximum absolute atomic E-state index is 6.80. The Hall–Kier alpha value is -7.62. The van der Waals surface area contributed by atoms with Gasteiger partial charge < -0.3 is 14.9 Å². The van der Waals surface area contributed by atoms with Gasteiger partial charge in [0.2, 0.25) is 0 Å². The third-order valence-electron chi connectivity index (χ3n) is 13.9. The Morgan fingerprint density at radius 3 is 1.87 bits per heavy atom. The van der Waals surface area contributed by atoms with Gasteiger partial charge in [-0.1, -0.05) is 164 Å². The quantitative estimate of drug-likeness (QED) is 0.186. The van der Waals surface area contributed by atoms with E-state index in [0.29, 0.717) is 0 Å². The third-order valence-corrected chi connectivity index (χ3v) is 13.9. The Kier molecular flexibility index (Phi) is 7.27. The van der Waals surface area contributed by atoms with E-state index in [0.717, 1.165) is 30.5 Å². The van der Waals surface area contributed by atoms with E-state index in [1.165, 1.54) is 105 Å². The SMILES string of the molecule is N/C(=C\Cc1cccc2c1C1=C(CCC(c3ccc(-n4c5ccccc5c5ccccc54)cc3)=C1)C21c2ccccc2-n2c3ccccc3c3cccc1c32)c1ccccc1. The first-order valence-corrected chi connectivity index (χ1v) is 21.5. The van der Waals surface area contributed by atoms with Crippen LogP contribution >= 0.6 is 0 Å². The molecule has 3 aliphatic rings. The zero-order valence-corrected chi connectivity index (χ0v) is 33.6. The lowest BCUT2D eigenvalue weighted by Gasteiger charge is -2.41. The number of benzene rings is 8. The molecule has 3 heterocycles. The van der Waals surface area contributed by atoms with Gasteiger partial charge in [-0.15, -0.1) is 0 Å². The molecule has 1 aliphatic heterocycles. The van der Waals surface area contributed by atoms with Crippen LogP contribution in [-0.2, 0) is 11.8 Å². The van der Waals surface area contributed by atoms with Gasteiger partial charge in [0.05, 0.1) is 33.2 Å². The third kappa shape index (κ3) is 4.69. The Labute approximate surface area is 354 Å². The fourth-order valence-electron chi connectivity index (χ4n) is 11.4. The van der Waals surface area contributed by atoms with Gasteiger partial charge in [-0.2, -0.15) is 0 Å². The van der Waals surface area contributed by atoms with E-state index in [4.69, 9.17) is 5.73 Å². The fourth-order valence-corrected chi connectivity index (χ4v) is 11.4. The molecule has 2 aliphatic carbocycles. The van der Waals surface area contributed by atoms with Gasteiger partial charge in [-0.05, 0) is 111 Å². The Morgan fingerprint density at radius 1 is 0.525 bits per heavy atom. The summed E-state index contributed by atoms with van der Waals surface area (Å²) in [7, 11) is 0. The molecule has 1 spiro atoms. The van der Waals surface area contributed by atoms with Crippen LogP contribution in [0.5, 0.6) is 0 Å². The molecule has 0 fully saturated rings. The van der Waals surface area contributed by atoms with Gasteiger partial charge in [0.25, 0.3) is 0 Å². The van der Waals surface area contributed by atoms with Crippen LogP contribution in [0, 0.1) is 0 Å². The van der Waals surface area contributed by atoms with Crippen LogP contribution in [0.4, 0.5) is 0 Å². The maximum Gasteiger partial charge on any atom is 0.0717 e. The summed E-state index contributed by atoms with van der Waals surface area (Å²) in [6, 6.07) is 69.3. The van der Waals surface area contributed by atoms with Crippen molar-refractivity contribution in [2.75, 3.05) is 0 Å². The van der Waals surface area contributed by atoms with Crippen LogP contribution in [0.15, 0.2) is 206 Å². The fraction of sp³-hybridized carbons (Fsp3) is 0.0690. The van der Waals surface area contributed by atoms with Crippen molar-refractivity contribution in [3.63, 3.8) is 0 Å². The number of nitrogens with two attached hydrogens (primary N) is 1. The van der Waals surface area contributed by atoms with Crippen molar-refractivity contribution in [3.05, 3.63) is 245 Å². The zero-order valence-electron chi connectivity index (χ0n) is 33.6. The van der Waals surface area contributed by atoms with Gasteiger partial charge in [-0.25, -0.2) is 0 Å². The lowest BCUT2D eigenvalue weighted by molar-refractivity contribution is 0.686. The molecule has 10 aromatic rings. The Morgan fingerprint density at radius 2 is 1.11 bits per heavy atom. The molecule has 1 unspecified atom stereocenters. The van der Waals surface area contributed by atoms with E-state index in [-0.39, 0.29) is 0 Å². The van der Waals surface area contributed by atoms with Crippen LogP contribution < -0.4 is 5.73 Å². The number of fused-ring (bicyclic) bond motifs is 14. The van der Waals surface area contributed by atoms with Crippen LogP contribution in [0.25, 0.3) is 71.8 Å². The number of hydrogen-bond acceptors (Lipinski definition) is 1. The summed E-state index contributed by atoms with van der Waals surface area (Å²) in [5.41, 5.74) is 27.9. The molecule has 1 atom stereocenters. The van der Waals surface area contributed by atoms with Crippen molar-refractivity contribution < 1.29 is 0 Å². The Bertz CT molecular complexity index is 3500. The molecule has 0 saturated heterocycles. The average Bonchev–Trinajstić information content (AvgIpc) is 3.95. The van der Waals surface area contributed by atoms with Crippen molar-refractivity contribution >= 4 is 60.5 Å². The second kappa shape index (κ2) is 12.9. The van der Waals surface area contributed by atoms with E-state index >= 15 is 0 Å². The molecule has 0 bridgehead atoms. The van der Waals surface area contributed by atoms with Crippen molar-refractivity contribution in [2.45, 2.75) is 24.7 Å². The minimum atomic E-state index is -0.446.